The van der Waals surface area contributed by atoms with E-state index in [0.717, 1.165) is 0 Å². The molecule has 3 N–H and O–H groups in total. The zero-order valence-corrected chi connectivity index (χ0v) is 11.6. The molecule has 0 amide bonds. The molecule has 0 aliphatic heterocycles. The third-order valence-corrected chi connectivity index (χ3v) is 2.98. The van der Waals surface area contributed by atoms with Gasteiger partial charge >= 0.3 is 0 Å². The molecule has 0 aliphatic rings. The van der Waals surface area contributed by atoms with Crippen molar-refractivity contribution in [2.24, 2.45) is 0 Å². The van der Waals surface area contributed by atoms with Gasteiger partial charge in [-0.25, -0.2) is 8.78 Å². The summed E-state index contributed by atoms with van der Waals surface area (Å²) in [5, 5.41) is 2.64. The number of nitrogen functional groups attached to an aromatic ring is 1. The molecule has 6 heteroatoms. The number of hydrogen-bond donors (Lipinski definition) is 2. The Balaban J connectivity index is 2.36. The summed E-state index contributed by atoms with van der Waals surface area (Å²) in [5.41, 5.74) is 6.27. The van der Waals surface area contributed by atoms with Crippen LogP contribution in [0.4, 0.5) is 25.8 Å². The first-order valence-corrected chi connectivity index (χ1v) is 6.15. The lowest BCUT2D eigenvalue weighted by Crippen LogP contribution is -2.01. The largest absolute Gasteiger partial charge is 0.497 e. The number of hydrogen-bond acceptors (Lipinski definition) is 3. The van der Waals surface area contributed by atoms with Crippen LogP contribution in [0.1, 0.15) is 0 Å². The van der Waals surface area contributed by atoms with E-state index in [4.69, 9.17) is 10.5 Å². The van der Waals surface area contributed by atoms with Crippen molar-refractivity contribution in [1.82, 2.24) is 0 Å². The molecular formula is C13H11BrF2N2O. The maximum absolute atomic E-state index is 13.7. The van der Waals surface area contributed by atoms with Crippen LogP contribution in [0.5, 0.6) is 5.75 Å². The van der Waals surface area contributed by atoms with Crippen molar-refractivity contribution < 1.29 is 13.5 Å². The van der Waals surface area contributed by atoms with E-state index < -0.39 is 11.6 Å². The van der Waals surface area contributed by atoms with Gasteiger partial charge in [-0.15, -0.1) is 0 Å². The molecule has 2 aromatic rings. The highest BCUT2D eigenvalue weighted by atomic mass is 79.9. The lowest BCUT2D eigenvalue weighted by molar-refractivity contribution is 0.415. The summed E-state index contributed by atoms with van der Waals surface area (Å²) in [6.45, 7) is 0. The number of ether oxygens (including phenoxy) is 1. The van der Waals surface area contributed by atoms with Crippen LogP contribution in [0.25, 0.3) is 0 Å². The average molecular weight is 329 g/mol. The summed E-state index contributed by atoms with van der Waals surface area (Å²) in [5.74, 6) is -0.844. The summed E-state index contributed by atoms with van der Waals surface area (Å²) in [4.78, 5) is 0. The molecule has 0 atom stereocenters. The van der Waals surface area contributed by atoms with Crippen LogP contribution in [0.15, 0.2) is 34.8 Å². The molecular weight excluding hydrogens is 318 g/mol. The second-order valence-electron chi connectivity index (χ2n) is 3.82. The Morgan fingerprint density at radius 2 is 1.79 bits per heavy atom. The summed E-state index contributed by atoms with van der Waals surface area (Å²) in [7, 11) is 1.51. The molecule has 2 aromatic carbocycles. The second-order valence-corrected chi connectivity index (χ2v) is 4.74. The molecule has 0 spiro atoms. The third-order valence-electron chi connectivity index (χ3n) is 2.53. The van der Waals surface area contributed by atoms with Gasteiger partial charge in [0.25, 0.3) is 0 Å². The normalized spacial score (nSPS) is 10.3. The van der Waals surface area contributed by atoms with E-state index in [1.54, 1.807) is 18.2 Å². The van der Waals surface area contributed by atoms with E-state index >= 15 is 0 Å². The average Bonchev–Trinajstić information content (AvgIpc) is 2.35. The first-order valence-electron chi connectivity index (χ1n) is 5.36. The molecule has 19 heavy (non-hydrogen) atoms. The van der Waals surface area contributed by atoms with Crippen LogP contribution in [0, 0.1) is 11.6 Å². The van der Waals surface area contributed by atoms with Gasteiger partial charge in [0, 0.05) is 10.5 Å². The minimum atomic E-state index is -0.706. The highest BCUT2D eigenvalue weighted by Gasteiger charge is 2.12. The highest BCUT2D eigenvalue weighted by molar-refractivity contribution is 9.10. The maximum atomic E-state index is 13.7. The van der Waals surface area contributed by atoms with E-state index in [-0.39, 0.29) is 5.69 Å². The second kappa shape index (κ2) is 5.44. The molecule has 2 rings (SSSR count). The minimum Gasteiger partial charge on any atom is -0.497 e. The number of anilines is 3. The van der Waals surface area contributed by atoms with Crippen molar-refractivity contribution in [2.45, 2.75) is 0 Å². The molecule has 0 heterocycles. The van der Waals surface area contributed by atoms with Gasteiger partial charge in [-0.05, 0) is 24.3 Å². The van der Waals surface area contributed by atoms with E-state index in [1.165, 1.54) is 19.2 Å². The Bertz CT molecular complexity index is 597. The van der Waals surface area contributed by atoms with Crippen LogP contribution in [-0.4, -0.2) is 7.11 Å². The van der Waals surface area contributed by atoms with Crippen molar-refractivity contribution in [3.05, 3.63) is 46.4 Å². The van der Waals surface area contributed by atoms with Crippen molar-refractivity contribution in [3.8, 4) is 5.75 Å². The van der Waals surface area contributed by atoms with Gasteiger partial charge in [0.05, 0.1) is 18.5 Å². The number of rotatable bonds is 3. The number of nitrogens with two attached hydrogens (primary N) is 1. The van der Waals surface area contributed by atoms with Gasteiger partial charge < -0.3 is 15.8 Å². The standard InChI is InChI=1S/C13H11BrF2N2O/c1-19-8-2-3-12(11(17)6-8)18-13-9(15)4-7(14)5-10(13)16/h2-6,18H,17H2,1H3. The van der Waals surface area contributed by atoms with Crippen LogP contribution >= 0.6 is 15.9 Å². The molecule has 3 nitrogen and oxygen atoms in total. The van der Waals surface area contributed by atoms with E-state index in [0.29, 0.717) is 21.6 Å². The van der Waals surface area contributed by atoms with Crippen LogP contribution in [0.3, 0.4) is 0 Å². The Kier molecular flexibility index (Phi) is 3.90. The van der Waals surface area contributed by atoms with Gasteiger partial charge in [-0.2, -0.15) is 0 Å². The predicted octanol–water partition coefficient (Wildman–Crippen LogP) is 4.06. The SMILES string of the molecule is COc1ccc(Nc2c(F)cc(Br)cc2F)c(N)c1. The molecule has 0 unspecified atom stereocenters. The van der Waals surface area contributed by atoms with Crippen LogP contribution < -0.4 is 15.8 Å². The monoisotopic (exact) mass is 328 g/mol. The molecule has 0 aromatic heterocycles. The van der Waals surface area contributed by atoms with Crippen molar-refractivity contribution in [2.75, 3.05) is 18.2 Å². The number of benzene rings is 2. The van der Waals surface area contributed by atoms with Gasteiger partial charge in [0.15, 0.2) is 11.6 Å². The lowest BCUT2D eigenvalue weighted by Gasteiger charge is -2.12. The van der Waals surface area contributed by atoms with Crippen LogP contribution in [0.2, 0.25) is 0 Å². The third kappa shape index (κ3) is 2.96. The fourth-order valence-corrected chi connectivity index (χ4v) is 1.98. The van der Waals surface area contributed by atoms with Crippen molar-refractivity contribution in [3.63, 3.8) is 0 Å². The maximum Gasteiger partial charge on any atom is 0.150 e. The summed E-state index contributed by atoms with van der Waals surface area (Å²) in [6.07, 6.45) is 0. The van der Waals surface area contributed by atoms with Crippen LogP contribution in [-0.2, 0) is 0 Å². The smallest absolute Gasteiger partial charge is 0.150 e. The van der Waals surface area contributed by atoms with Crippen molar-refractivity contribution in [1.29, 1.82) is 0 Å². The molecule has 0 radical (unpaired) electrons. The molecule has 0 fully saturated rings. The van der Waals surface area contributed by atoms with E-state index in [1.807, 2.05) is 0 Å². The zero-order valence-electron chi connectivity index (χ0n) is 10.0. The summed E-state index contributed by atoms with van der Waals surface area (Å²) < 4.78 is 32.7. The molecule has 0 aliphatic carbocycles. The quantitative estimate of drug-likeness (QED) is 0.835. The zero-order chi connectivity index (χ0) is 14.0. The van der Waals surface area contributed by atoms with Crippen molar-refractivity contribution >= 4 is 33.0 Å². The van der Waals surface area contributed by atoms with E-state index in [2.05, 4.69) is 21.2 Å². The van der Waals surface area contributed by atoms with Gasteiger partial charge in [0.2, 0.25) is 0 Å². The molecule has 0 saturated carbocycles. The number of methoxy groups -OCH3 is 1. The summed E-state index contributed by atoms with van der Waals surface area (Å²) >= 11 is 3.02. The summed E-state index contributed by atoms with van der Waals surface area (Å²) in [6, 6.07) is 7.15. The topological polar surface area (TPSA) is 47.3 Å². The first-order chi connectivity index (χ1) is 9.01. The Morgan fingerprint density at radius 3 is 2.32 bits per heavy atom. The van der Waals surface area contributed by atoms with Gasteiger partial charge in [-0.3, -0.25) is 0 Å². The first kappa shape index (κ1) is 13.6. The number of nitrogens with one attached hydrogen (secondary N) is 1. The highest BCUT2D eigenvalue weighted by Crippen LogP contribution is 2.31. The molecule has 0 bridgehead atoms. The Hall–Kier alpha value is -1.82. The van der Waals surface area contributed by atoms with E-state index in [9.17, 15) is 8.78 Å². The minimum absolute atomic E-state index is 0.250. The Morgan fingerprint density at radius 1 is 1.16 bits per heavy atom. The Labute approximate surface area is 117 Å². The number of halogens is 3. The van der Waals surface area contributed by atoms with Gasteiger partial charge in [0.1, 0.15) is 11.4 Å². The van der Waals surface area contributed by atoms with Gasteiger partial charge in [-0.1, -0.05) is 15.9 Å². The fourth-order valence-electron chi connectivity index (χ4n) is 1.58. The molecule has 0 saturated heterocycles. The predicted molar refractivity (Wildman–Crippen MR) is 74.7 cm³/mol. The lowest BCUT2D eigenvalue weighted by atomic mass is 10.2. The molecule has 100 valence electrons. The fraction of sp³-hybridized carbons (Fsp3) is 0.0769.